The van der Waals surface area contributed by atoms with Crippen molar-refractivity contribution in [3.63, 3.8) is 0 Å². The van der Waals surface area contributed by atoms with Crippen LogP contribution in [0.25, 0.3) is 0 Å². The molecule has 0 atom stereocenters. The van der Waals surface area contributed by atoms with Crippen LogP contribution in [0, 0.1) is 0 Å². The molecule has 0 heterocycles. The average Bonchev–Trinajstić information content (AvgIpc) is 3.05. The molecule has 1 aliphatic rings. The average molecular weight is 221 g/mol. The van der Waals surface area contributed by atoms with Gasteiger partial charge in [0.15, 0.2) is 0 Å². The molecule has 1 fully saturated rings. The zero-order chi connectivity index (χ0) is 11.5. The summed E-state index contributed by atoms with van der Waals surface area (Å²) in [6.45, 7) is 2.14. The minimum Gasteiger partial charge on any atom is -0.488 e. The van der Waals surface area contributed by atoms with E-state index in [0.717, 1.165) is 12.8 Å². The minimum absolute atomic E-state index is 0.264. The first-order valence-electron chi connectivity index (χ1n) is 5.44. The van der Waals surface area contributed by atoms with Crippen molar-refractivity contribution in [3.05, 3.63) is 23.8 Å². The molecule has 0 amide bonds. The first kappa shape index (κ1) is 10.8. The van der Waals surface area contributed by atoms with Crippen molar-refractivity contribution in [2.75, 3.05) is 12.3 Å². The highest BCUT2D eigenvalue weighted by Gasteiger charge is 2.24. The van der Waals surface area contributed by atoms with Gasteiger partial charge in [-0.1, -0.05) is 0 Å². The predicted octanol–water partition coefficient (Wildman–Crippen LogP) is 1.99. The number of ether oxygens (including phenoxy) is 2. The van der Waals surface area contributed by atoms with Gasteiger partial charge in [0.1, 0.15) is 5.75 Å². The smallest absolute Gasteiger partial charge is 0.338 e. The summed E-state index contributed by atoms with van der Waals surface area (Å²) >= 11 is 0. The second-order valence-electron chi connectivity index (χ2n) is 3.79. The Morgan fingerprint density at radius 1 is 1.50 bits per heavy atom. The fourth-order valence-electron chi connectivity index (χ4n) is 1.34. The van der Waals surface area contributed by atoms with Gasteiger partial charge in [-0.3, -0.25) is 0 Å². The van der Waals surface area contributed by atoms with Crippen LogP contribution in [0.3, 0.4) is 0 Å². The predicted molar refractivity (Wildman–Crippen MR) is 60.5 cm³/mol. The van der Waals surface area contributed by atoms with Gasteiger partial charge in [0, 0.05) is 0 Å². The fourth-order valence-corrected chi connectivity index (χ4v) is 1.34. The van der Waals surface area contributed by atoms with E-state index < -0.39 is 0 Å². The number of carbonyl (C=O) groups is 1. The van der Waals surface area contributed by atoms with Crippen LogP contribution >= 0.6 is 0 Å². The zero-order valence-electron chi connectivity index (χ0n) is 9.23. The molecule has 0 aliphatic heterocycles. The maximum atomic E-state index is 11.5. The summed E-state index contributed by atoms with van der Waals surface area (Å²) in [7, 11) is 0. The lowest BCUT2D eigenvalue weighted by atomic mass is 10.2. The van der Waals surface area contributed by atoms with E-state index in [4.69, 9.17) is 15.2 Å². The Labute approximate surface area is 94.3 Å². The van der Waals surface area contributed by atoms with Crippen molar-refractivity contribution in [2.45, 2.75) is 25.9 Å². The number of esters is 1. The van der Waals surface area contributed by atoms with E-state index in [1.165, 1.54) is 0 Å². The van der Waals surface area contributed by atoms with Crippen molar-refractivity contribution < 1.29 is 14.3 Å². The first-order valence-corrected chi connectivity index (χ1v) is 5.44. The summed E-state index contributed by atoms with van der Waals surface area (Å²) in [6, 6.07) is 4.96. The van der Waals surface area contributed by atoms with Gasteiger partial charge in [-0.2, -0.15) is 0 Å². The lowest BCUT2D eigenvalue weighted by molar-refractivity contribution is 0.0526. The summed E-state index contributed by atoms with van der Waals surface area (Å²) in [4.78, 5) is 11.5. The number of nitrogen functional groups attached to an aromatic ring is 1. The third-order valence-electron chi connectivity index (χ3n) is 2.34. The number of carbonyl (C=O) groups excluding carboxylic acids is 1. The van der Waals surface area contributed by atoms with E-state index in [1.54, 1.807) is 25.1 Å². The van der Waals surface area contributed by atoms with Crippen molar-refractivity contribution >= 4 is 11.7 Å². The van der Waals surface area contributed by atoms with Crippen LogP contribution in [-0.2, 0) is 4.74 Å². The Balaban J connectivity index is 2.16. The molecule has 86 valence electrons. The molecule has 1 aliphatic carbocycles. The Morgan fingerprint density at radius 2 is 2.25 bits per heavy atom. The summed E-state index contributed by atoms with van der Waals surface area (Å²) in [5.74, 6) is 0.233. The van der Waals surface area contributed by atoms with Crippen molar-refractivity contribution in [1.29, 1.82) is 0 Å². The molecule has 0 aromatic heterocycles. The Bertz CT molecular complexity index is 399. The number of hydrogen-bond acceptors (Lipinski definition) is 4. The molecule has 0 bridgehead atoms. The quantitative estimate of drug-likeness (QED) is 0.624. The zero-order valence-corrected chi connectivity index (χ0v) is 9.23. The summed E-state index contributed by atoms with van der Waals surface area (Å²) < 4.78 is 10.5. The molecule has 0 spiro atoms. The Hall–Kier alpha value is -1.71. The third kappa shape index (κ3) is 2.45. The van der Waals surface area contributed by atoms with E-state index in [2.05, 4.69) is 0 Å². The molecule has 1 aromatic carbocycles. The van der Waals surface area contributed by atoms with Crippen LogP contribution < -0.4 is 10.5 Å². The maximum Gasteiger partial charge on any atom is 0.338 e. The second-order valence-corrected chi connectivity index (χ2v) is 3.79. The molecule has 1 aromatic rings. The topological polar surface area (TPSA) is 61.5 Å². The standard InChI is InChI=1S/C12H15NO3/c1-2-15-12(14)8-3-6-10(13)11(7-8)16-9-4-5-9/h3,6-7,9H,2,4-5,13H2,1H3. The number of benzene rings is 1. The van der Waals surface area contributed by atoms with Crippen LogP contribution in [0.1, 0.15) is 30.1 Å². The van der Waals surface area contributed by atoms with Gasteiger partial charge in [0.2, 0.25) is 0 Å². The molecule has 2 N–H and O–H groups in total. The lowest BCUT2D eigenvalue weighted by Crippen LogP contribution is -2.06. The Morgan fingerprint density at radius 3 is 2.88 bits per heavy atom. The van der Waals surface area contributed by atoms with Crippen molar-refractivity contribution in [3.8, 4) is 5.75 Å². The number of rotatable bonds is 4. The second kappa shape index (κ2) is 4.43. The van der Waals surface area contributed by atoms with Crippen LogP contribution in [0.5, 0.6) is 5.75 Å². The van der Waals surface area contributed by atoms with Gasteiger partial charge >= 0.3 is 5.97 Å². The van der Waals surface area contributed by atoms with Gasteiger partial charge in [0.25, 0.3) is 0 Å². The van der Waals surface area contributed by atoms with Crippen LogP contribution in [-0.4, -0.2) is 18.7 Å². The molecular weight excluding hydrogens is 206 g/mol. The van der Waals surface area contributed by atoms with Crippen LogP contribution in [0.4, 0.5) is 5.69 Å². The highest BCUT2D eigenvalue weighted by atomic mass is 16.5. The SMILES string of the molecule is CCOC(=O)c1ccc(N)c(OC2CC2)c1. The molecular formula is C12H15NO3. The molecule has 4 heteroatoms. The number of anilines is 1. The molecule has 0 saturated heterocycles. The van der Waals surface area contributed by atoms with Crippen molar-refractivity contribution in [2.24, 2.45) is 0 Å². The highest BCUT2D eigenvalue weighted by molar-refractivity contribution is 5.90. The molecule has 16 heavy (non-hydrogen) atoms. The molecule has 4 nitrogen and oxygen atoms in total. The Kier molecular flexibility index (Phi) is 2.99. The first-order chi connectivity index (χ1) is 7.70. The number of hydrogen-bond donors (Lipinski definition) is 1. The molecule has 0 unspecified atom stereocenters. The van der Waals surface area contributed by atoms with E-state index in [9.17, 15) is 4.79 Å². The minimum atomic E-state index is -0.344. The number of nitrogens with two attached hydrogens (primary N) is 1. The highest BCUT2D eigenvalue weighted by Crippen LogP contribution is 2.31. The fraction of sp³-hybridized carbons (Fsp3) is 0.417. The normalized spacial score (nSPS) is 14.6. The van der Waals surface area contributed by atoms with E-state index in [1.807, 2.05) is 0 Å². The van der Waals surface area contributed by atoms with Crippen LogP contribution in [0.2, 0.25) is 0 Å². The summed E-state index contributed by atoms with van der Waals surface area (Å²) in [5.41, 5.74) is 6.80. The van der Waals surface area contributed by atoms with Gasteiger partial charge in [-0.15, -0.1) is 0 Å². The van der Waals surface area contributed by atoms with E-state index in [-0.39, 0.29) is 12.1 Å². The molecule has 2 rings (SSSR count). The van der Waals surface area contributed by atoms with E-state index in [0.29, 0.717) is 23.6 Å². The maximum absolute atomic E-state index is 11.5. The summed E-state index contributed by atoms with van der Waals surface area (Å²) in [5, 5.41) is 0. The van der Waals surface area contributed by atoms with Gasteiger partial charge in [0.05, 0.1) is 24.0 Å². The van der Waals surface area contributed by atoms with E-state index >= 15 is 0 Å². The van der Waals surface area contributed by atoms with Crippen LogP contribution in [0.15, 0.2) is 18.2 Å². The van der Waals surface area contributed by atoms with Gasteiger partial charge in [-0.05, 0) is 38.0 Å². The largest absolute Gasteiger partial charge is 0.488 e. The summed E-state index contributed by atoms with van der Waals surface area (Å²) in [6.07, 6.45) is 2.38. The molecule has 0 radical (unpaired) electrons. The third-order valence-corrected chi connectivity index (χ3v) is 2.34. The van der Waals surface area contributed by atoms with Gasteiger partial charge < -0.3 is 15.2 Å². The molecule has 1 saturated carbocycles. The monoisotopic (exact) mass is 221 g/mol. The van der Waals surface area contributed by atoms with Crippen molar-refractivity contribution in [1.82, 2.24) is 0 Å². The van der Waals surface area contributed by atoms with Gasteiger partial charge in [-0.25, -0.2) is 4.79 Å². The lowest BCUT2D eigenvalue weighted by Gasteiger charge is -2.09.